The number of thioether (sulfide) groups is 1. The van der Waals surface area contributed by atoms with Crippen LogP contribution in [-0.2, 0) is 4.79 Å². The van der Waals surface area contributed by atoms with E-state index in [0.717, 1.165) is 19.3 Å². The van der Waals surface area contributed by atoms with Crippen molar-refractivity contribution in [2.45, 2.75) is 51.9 Å². The minimum atomic E-state index is -0.915. The van der Waals surface area contributed by atoms with Crippen molar-refractivity contribution in [3.8, 4) is 0 Å². The van der Waals surface area contributed by atoms with Gasteiger partial charge < -0.3 is 9.90 Å². The molecule has 0 aliphatic heterocycles. The van der Waals surface area contributed by atoms with Crippen LogP contribution in [0.4, 0.5) is 0 Å². The molecule has 0 saturated carbocycles. The van der Waals surface area contributed by atoms with Crippen molar-refractivity contribution in [3.63, 3.8) is 0 Å². The molecule has 0 atom stereocenters. The van der Waals surface area contributed by atoms with E-state index in [-0.39, 0.29) is 6.42 Å². The van der Waals surface area contributed by atoms with Gasteiger partial charge in [-0.2, -0.15) is 11.8 Å². The van der Waals surface area contributed by atoms with Gasteiger partial charge in [-0.3, -0.25) is 0 Å². The minimum Gasteiger partial charge on any atom is -0.550 e. The number of carbonyl (C=O) groups is 1. The Balaban J connectivity index is 2.88. The molecule has 0 heterocycles. The second kappa shape index (κ2) is 10.9. The second-order valence-electron chi connectivity index (χ2n) is 3.50. The number of carbonyl (C=O) groups excluding carboxylic acids is 1. The van der Waals surface area contributed by atoms with Crippen molar-refractivity contribution in [1.82, 2.24) is 0 Å². The van der Waals surface area contributed by atoms with Crippen molar-refractivity contribution in [3.05, 3.63) is 0 Å². The Bertz CT molecular complexity index is 137. The first kappa shape index (κ1) is 13.8. The molecule has 14 heavy (non-hydrogen) atoms. The van der Waals surface area contributed by atoms with Crippen LogP contribution in [0.3, 0.4) is 0 Å². The van der Waals surface area contributed by atoms with Gasteiger partial charge in [-0.15, -0.1) is 0 Å². The quantitative estimate of drug-likeness (QED) is 0.527. The third kappa shape index (κ3) is 11.8. The lowest BCUT2D eigenvalue weighted by Gasteiger charge is -2.02. The van der Waals surface area contributed by atoms with E-state index in [0.29, 0.717) is 0 Å². The summed E-state index contributed by atoms with van der Waals surface area (Å²) in [5.74, 6) is 1.59. The number of unbranched alkanes of at least 4 members (excludes halogenated alkanes) is 4. The third-order valence-corrected chi connectivity index (χ3v) is 3.22. The summed E-state index contributed by atoms with van der Waals surface area (Å²) in [7, 11) is 0. The van der Waals surface area contributed by atoms with E-state index in [9.17, 15) is 9.90 Å². The molecule has 0 bridgehead atoms. The molecule has 0 radical (unpaired) electrons. The van der Waals surface area contributed by atoms with Gasteiger partial charge in [-0.05, 0) is 37.2 Å². The molecular formula is C11H21O2S-. The third-order valence-electron chi connectivity index (χ3n) is 2.06. The summed E-state index contributed by atoms with van der Waals surface area (Å²) in [6, 6.07) is 0. The Morgan fingerprint density at radius 3 is 2.36 bits per heavy atom. The van der Waals surface area contributed by atoms with Crippen LogP contribution in [0.5, 0.6) is 0 Å². The van der Waals surface area contributed by atoms with E-state index in [4.69, 9.17) is 0 Å². The molecule has 2 nitrogen and oxygen atoms in total. The summed E-state index contributed by atoms with van der Waals surface area (Å²) < 4.78 is 0. The minimum absolute atomic E-state index is 0.225. The van der Waals surface area contributed by atoms with Gasteiger partial charge >= 0.3 is 0 Å². The Morgan fingerprint density at radius 1 is 1.07 bits per heavy atom. The Hall–Kier alpha value is -0.180. The van der Waals surface area contributed by atoms with Crippen LogP contribution in [0, 0.1) is 0 Å². The van der Waals surface area contributed by atoms with E-state index in [1.165, 1.54) is 30.8 Å². The number of carboxylic acids is 1. The highest BCUT2D eigenvalue weighted by atomic mass is 32.2. The summed E-state index contributed by atoms with van der Waals surface area (Å²) in [5.41, 5.74) is 0. The van der Waals surface area contributed by atoms with Crippen LogP contribution in [0.1, 0.15) is 51.9 Å². The van der Waals surface area contributed by atoms with E-state index in [2.05, 4.69) is 6.92 Å². The maximum absolute atomic E-state index is 10.1. The van der Waals surface area contributed by atoms with E-state index < -0.39 is 5.97 Å². The van der Waals surface area contributed by atoms with Gasteiger partial charge in [0.2, 0.25) is 0 Å². The van der Waals surface area contributed by atoms with Crippen molar-refractivity contribution >= 4 is 17.7 Å². The van der Waals surface area contributed by atoms with Gasteiger partial charge in [0.05, 0.1) is 0 Å². The van der Waals surface area contributed by atoms with E-state index in [1.54, 1.807) is 0 Å². The van der Waals surface area contributed by atoms with Crippen LogP contribution >= 0.6 is 11.8 Å². The lowest BCUT2D eigenvalue weighted by Crippen LogP contribution is -2.21. The number of hydrogen-bond acceptors (Lipinski definition) is 3. The predicted molar refractivity (Wildman–Crippen MR) is 60.3 cm³/mol. The van der Waals surface area contributed by atoms with Gasteiger partial charge in [0.15, 0.2) is 0 Å². The molecule has 0 N–H and O–H groups in total. The monoisotopic (exact) mass is 217 g/mol. The maximum atomic E-state index is 10.1. The number of hydrogen-bond donors (Lipinski definition) is 0. The highest BCUT2D eigenvalue weighted by molar-refractivity contribution is 7.99. The topological polar surface area (TPSA) is 40.1 Å². The molecule has 0 unspecified atom stereocenters. The fourth-order valence-electron chi connectivity index (χ4n) is 1.18. The highest BCUT2D eigenvalue weighted by Crippen LogP contribution is 2.10. The summed E-state index contributed by atoms with van der Waals surface area (Å²) in [4.78, 5) is 10.1. The largest absolute Gasteiger partial charge is 0.550 e. The number of rotatable bonds is 10. The lowest BCUT2D eigenvalue weighted by atomic mass is 10.2. The van der Waals surface area contributed by atoms with Crippen LogP contribution in [-0.4, -0.2) is 17.5 Å². The van der Waals surface area contributed by atoms with Gasteiger partial charge in [0.25, 0.3) is 0 Å². The smallest absolute Gasteiger partial charge is 0.0414 e. The average molecular weight is 217 g/mol. The summed E-state index contributed by atoms with van der Waals surface area (Å²) >= 11 is 2.01. The van der Waals surface area contributed by atoms with Crippen LogP contribution in [0.15, 0.2) is 0 Å². The fourth-order valence-corrected chi connectivity index (χ4v) is 2.28. The Morgan fingerprint density at radius 2 is 1.71 bits per heavy atom. The van der Waals surface area contributed by atoms with Gasteiger partial charge in [0.1, 0.15) is 0 Å². The van der Waals surface area contributed by atoms with E-state index >= 15 is 0 Å². The first-order valence-corrected chi connectivity index (χ1v) is 6.70. The molecule has 0 aromatic heterocycles. The molecule has 0 aromatic carbocycles. The molecule has 0 saturated heterocycles. The number of aliphatic carboxylic acids is 1. The van der Waals surface area contributed by atoms with Crippen molar-refractivity contribution in [1.29, 1.82) is 0 Å². The summed E-state index contributed by atoms with van der Waals surface area (Å²) in [5, 5.41) is 10.1. The maximum Gasteiger partial charge on any atom is 0.0414 e. The highest BCUT2D eigenvalue weighted by Gasteiger charge is 1.92. The Labute approximate surface area is 91.5 Å². The zero-order valence-corrected chi connectivity index (χ0v) is 9.91. The average Bonchev–Trinajstić information content (AvgIpc) is 2.15. The molecule has 84 valence electrons. The first-order chi connectivity index (χ1) is 6.77. The normalized spacial score (nSPS) is 10.4. The van der Waals surface area contributed by atoms with Crippen LogP contribution in [0.25, 0.3) is 0 Å². The summed E-state index contributed by atoms with van der Waals surface area (Å²) in [6.45, 7) is 2.21. The predicted octanol–water partition coefficient (Wildman–Crippen LogP) is 2.22. The zero-order chi connectivity index (χ0) is 10.6. The van der Waals surface area contributed by atoms with Gasteiger partial charge in [0, 0.05) is 5.97 Å². The van der Waals surface area contributed by atoms with Gasteiger partial charge in [-0.25, -0.2) is 0 Å². The second-order valence-corrected chi connectivity index (χ2v) is 4.73. The molecule has 0 aliphatic carbocycles. The SMILES string of the molecule is CCCCSCCCCCCC(=O)[O-]. The van der Waals surface area contributed by atoms with Crippen molar-refractivity contribution < 1.29 is 9.90 Å². The molecule has 0 aromatic rings. The van der Waals surface area contributed by atoms with Gasteiger partial charge in [-0.1, -0.05) is 26.2 Å². The fraction of sp³-hybridized carbons (Fsp3) is 0.909. The molecule has 0 spiro atoms. The molecule has 0 amide bonds. The van der Waals surface area contributed by atoms with Crippen LogP contribution < -0.4 is 5.11 Å². The van der Waals surface area contributed by atoms with Crippen molar-refractivity contribution in [2.75, 3.05) is 11.5 Å². The standard InChI is InChI=1S/C11H22O2S/c1-2-3-9-14-10-7-5-4-6-8-11(12)13/h2-10H2,1H3,(H,12,13)/p-1. The summed E-state index contributed by atoms with van der Waals surface area (Å²) in [6.07, 6.45) is 7.01. The molecule has 3 heteroatoms. The lowest BCUT2D eigenvalue weighted by molar-refractivity contribution is -0.305. The number of carboxylic acid groups (broad SMARTS) is 1. The molecule has 0 rings (SSSR count). The Kier molecular flexibility index (Phi) is 10.8. The van der Waals surface area contributed by atoms with Crippen LogP contribution in [0.2, 0.25) is 0 Å². The molecular weight excluding hydrogens is 196 g/mol. The van der Waals surface area contributed by atoms with Crippen molar-refractivity contribution in [2.24, 2.45) is 0 Å². The molecule has 0 aliphatic rings. The van der Waals surface area contributed by atoms with E-state index in [1.807, 2.05) is 11.8 Å². The molecule has 0 fully saturated rings. The first-order valence-electron chi connectivity index (χ1n) is 5.55. The zero-order valence-electron chi connectivity index (χ0n) is 9.09.